The summed E-state index contributed by atoms with van der Waals surface area (Å²) in [5.41, 5.74) is -1.18. The molecule has 33 heavy (non-hydrogen) atoms. The summed E-state index contributed by atoms with van der Waals surface area (Å²) in [6.07, 6.45) is -2.74. The predicted molar refractivity (Wildman–Crippen MR) is 110 cm³/mol. The molecule has 0 fully saturated rings. The summed E-state index contributed by atoms with van der Waals surface area (Å²) in [6.45, 7) is 1.62. The van der Waals surface area contributed by atoms with Crippen LogP contribution >= 0.6 is 0 Å². The van der Waals surface area contributed by atoms with Crippen molar-refractivity contribution in [3.8, 4) is 11.5 Å². The number of hydrogen-bond acceptors (Lipinski definition) is 8. The molecule has 0 spiro atoms. The van der Waals surface area contributed by atoms with Gasteiger partial charge in [0, 0.05) is 18.0 Å². The van der Waals surface area contributed by atoms with Gasteiger partial charge in [-0.2, -0.15) is 13.2 Å². The van der Waals surface area contributed by atoms with Crippen molar-refractivity contribution in [3.63, 3.8) is 0 Å². The van der Waals surface area contributed by atoms with Crippen molar-refractivity contribution in [3.05, 3.63) is 54.2 Å². The minimum Gasteiger partial charge on any atom is -0.477 e. The van der Waals surface area contributed by atoms with E-state index in [4.69, 9.17) is 14.9 Å². The Morgan fingerprint density at radius 2 is 1.82 bits per heavy atom. The van der Waals surface area contributed by atoms with Crippen LogP contribution in [0.3, 0.4) is 0 Å². The molecule has 0 unspecified atom stereocenters. The molecule has 172 valence electrons. The first-order chi connectivity index (χ1) is 15.5. The molecule has 1 atom stereocenters. The average molecular weight is 462 g/mol. The molecule has 2 aromatic heterocycles. The predicted octanol–water partition coefficient (Wildman–Crippen LogP) is 3.70. The number of carbonyl (C=O) groups is 2. The molecule has 3 rings (SSSR count). The van der Waals surface area contributed by atoms with Gasteiger partial charge in [-0.1, -0.05) is 18.2 Å². The summed E-state index contributed by atoms with van der Waals surface area (Å²) in [5.74, 6) is -4.33. The van der Waals surface area contributed by atoms with Gasteiger partial charge in [-0.15, -0.1) is 0 Å². The zero-order valence-electron chi connectivity index (χ0n) is 17.0. The lowest BCUT2D eigenvalue weighted by Crippen LogP contribution is -2.24. The largest absolute Gasteiger partial charge is 0.477 e. The number of nitrogens with zero attached hydrogens (tertiary/aromatic N) is 3. The maximum atomic E-state index is 13.4. The van der Waals surface area contributed by atoms with E-state index in [-0.39, 0.29) is 29.5 Å². The van der Waals surface area contributed by atoms with Gasteiger partial charge >= 0.3 is 12.1 Å². The second-order valence-electron chi connectivity index (χ2n) is 6.84. The number of carbonyl (C=O) groups excluding carboxylic acids is 1. The minimum atomic E-state index is -4.95. The number of alkyl halides is 3. The van der Waals surface area contributed by atoms with Crippen molar-refractivity contribution in [1.82, 2.24) is 15.0 Å². The van der Waals surface area contributed by atoms with Gasteiger partial charge in [-0.05, 0) is 19.1 Å². The van der Waals surface area contributed by atoms with Crippen molar-refractivity contribution < 1.29 is 32.3 Å². The Morgan fingerprint density at radius 3 is 2.39 bits per heavy atom. The van der Waals surface area contributed by atoms with Crippen LogP contribution in [-0.2, 0) is 11.0 Å². The molecule has 4 N–H and O–H groups in total. The third kappa shape index (κ3) is 5.90. The molecule has 1 aromatic carbocycles. The van der Waals surface area contributed by atoms with Crippen LogP contribution < -0.4 is 10.6 Å². The fraction of sp³-hybridized carbons (Fsp3) is 0.200. The molecule has 0 radical (unpaired) electrons. The maximum Gasteiger partial charge on any atom is 0.452 e. The van der Waals surface area contributed by atoms with Crippen LogP contribution in [-0.4, -0.2) is 43.7 Å². The van der Waals surface area contributed by atoms with E-state index in [1.54, 1.807) is 25.1 Å². The van der Waals surface area contributed by atoms with E-state index < -0.39 is 41.3 Å². The smallest absolute Gasteiger partial charge is 0.452 e. The van der Waals surface area contributed by atoms with Crippen LogP contribution in [0.1, 0.15) is 29.6 Å². The molecule has 3 aromatic rings. The van der Waals surface area contributed by atoms with Crippen LogP contribution in [0, 0.1) is 5.41 Å². The Labute approximate surface area is 184 Å². The van der Waals surface area contributed by atoms with Gasteiger partial charge in [0.2, 0.25) is 17.6 Å². The quantitative estimate of drug-likeness (QED) is 0.370. The highest BCUT2D eigenvalue weighted by molar-refractivity contribution is 6.34. The number of oxazole rings is 1. The molecular formula is C20H17F3N6O4. The lowest BCUT2D eigenvalue weighted by molar-refractivity contribution is -0.153. The second-order valence-corrected chi connectivity index (χ2v) is 6.84. The molecule has 0 saturated heterocycles. The summed E-state index contributed by atoms with van der Waals surface area (Å²) >= 11 is 0. The van der Waals surface area contributed by atoms with Crippen molar-refractivity contribution in [2.24, 2.45) is 0 Å². The number of amides is 1. The lowest BCUT2D eigenvalue weighted by Gasteiger charge is -2.13. The second kappa shape index (κ2) is 9.46. The van der Waals surface area contributed by atoms with Gasteiger partial charge in [0.1, 0.15) is 5.71 Å². The Morgan fingerprint density at radius 1 is 1.18 bits per heavy atom. The molecule has 0 aliphatic carbocycles. The molecular weight excluding hydrogens is 445 g/mol. The van der Waals surface area contributed by atoms with E-state index in [9.17, 15) is 22.8 Å². The first-order valence-corrected chi connectivity index (χ1v) is 9.38. The van der Waals surface area contributed by atoms with Crippen LogP contribution in [0.25, 0.3) is 11.5 Å². The number of halogens is 3. The lowest BCUT2D eigenvalue weighted by atomic mass is 10.1. The Kier molecular flexibility index (Phi) is 6.70. The van der Waals surface area contributed by atoms with Crippen molar-refractivity contribution in [1.29, 1.82) is 5.41 Å². The topological polar surface area (TPSA) is 154 Å². The first kappa shape index (κ1) is 23.4. The van der Waals surface area contributed by atoms with E-state index >= 15 is 0 Å². The number of benzene rings is 1. The number of aromatic nitrogens is 3. The van der Waals surface area contributed by atoms with Gasteiger partial charge in [-0.25, -0.2) is 19.7 Å². The normalized spacial score (nSPS) is 12.1. The molecule has 0 aliphatic rings. The fourth-order valence-corrected chi connectivity index (χ4v) is 2.69. The fourth-order valence-electron chi connectivity index (χ4n) is 2.69. The van der Waals surface area contributed by atoms with Crippen molar-refractivity contribution in [2.45, 2.75) is 25.6 Å². The van der Waals surface area contributed by atoms with Gasteiger partial charge in [-0.3, -0.25) is 10.2 Å². The van der Waals surface area contributed by atoms with Gasteiger partial charge in [0.15, 0.2) is 5.69 Å². The van der Waals surface area contributed by atoms with Crippen LogP contribution in [0.5, 0.6) is 0 Å². The molecule has 0 aliphatic heterocycles. The molecule has 10 nitrogen and oxygen atoms in total. The maximum absolute atomic E-state index is 13.4. The standard InChI is InChI=1S/C20H17F3N6O4/c1-10(7-13(24)18(31)32)27-19-25-8-12(9-26-19)28-16(30)14-15(20(21,22)23)33-17(29-14)11-5-3-2-4-6-11/h2-6,8-10,24H,7H2,1H3,(H,28,30)(H,31,32)(H,25,26,27)/t10-/m0/s1. The van der Waals surface area contributed by atoms with Gasteiger partial charge < -0.3 is 20.2 Å². The number of aliphatic carboxylic acids is 1. The Balaban J connectivity index is 1.74. The summed E-state index contributed by atoms with van der Waals surface area (Å²) in [6, 6.07) is 7.35. The van der Waals surface area contributed by atoms with Gasteiger partial charge in [0.05, 0.1) is 18.1 Å². The van der Waals surface area contributed by atoms with Gasteiger partial charge in [0.25, 0.3) is 5.91 Å². The Bertz CT molecular complexity index is 1160. The molecule has 13 heteroatoms. The van der Waals surface area contributed by atoms with Crippen LogP contribution in [0.2, 0.25) is 0 Å². The third-order valence-electron chi connectivity index (χ3n) is 4.17. The monoisotopic (exact) mass is 462 g/mol. The molecule has 0 saturated carbocycles. The number of anilines is 2. The summed E-state index contributed by atoms with van der Waals surface area (Å²) in [7, 11) is 0. The van der Waals surface area contributed by atoms with E-state index in [1.165, 1.54) is 12.1 Å². The zero-order valence-corrected chi connectivity index (χ0v) is 17.0. The zero-order chi connectivity index (χ0) is 24.2. The third-order valence-corrected chi connectivity index (χ3v) is 4.17. The highest BCUT2D eigenvalue weighted by atomic mass is 19.4. The number of hydrogen-bond donors (Lipinski definition) is 4. The summed E-state index contributed by atoms with van der Waals surface area (Å²) in [5, 5.41) is 21.1. The highest BCUT2D eigenvalue weighted by Gasteiger charge is 2.42. The van der Waals surface area contributed by atoms with Crippen molar-refractivity contribution >= 4 is 29.2 Å². The first-order valence-electron chi connectivity index (χ1n) is 9.38. The van der Waals surface area contributed by atoms with Crippen LogP contribution in [0.4, 0.5) is 24.8 Å². The van der Waals surface area contributed by atoms with Crippen molar-refractivity contribution in [2.75, 3.05) is 10.6 Å². The SMILES string of the molecule is C[C@@H](CC(=N)C(=O)O)Nc1ncc(NC(=O)c2nc(-c3ccccc3)oc2C(F)(F)F)cn1. The number of nitrogens with one attached hydrogen (secondary N) is 3. The molecule has 0 bridgehead atoms. The van der Waals surface area contributed by atoms with E-state index in [2.05, 4.69) is 25.6 Å². The highest BCUT2D eigenvalue weighted by Crippen LogP contribution is 2.35. The Hall–Kier alpha value is -4.29. The van der Waals surface area contributed by atoms with Crippen LogP contribution in [0.15, 0.2) is 47.1 Å². The minimum absolute atomic E-state index is 0.00568. The van der Waals surface area contributed by atoms with E-state index in [0.29, 0.717) is 0 Å². The number of rotatable bonds is 8. The van der Waals surface area contributed by atoms with E-state index in [0.717, 1.165) is 12.4 Å². The molecule has 2 heterocycles. The summed E-state index contributed by atoms with van der Waals surface area (Å²) in [4.78, 5) is 34.8. The summed E-state index contributed by atoms with van der Waals surface area (Å²) < 4.78 is 45.0. The molecule has 1 amide bonds. The number of carboxylic acids is 1. The average Bonchev–Trinajstić information content (AvgIpc) is 3.22. The van der Waals surface area contributed by atoms with E-state index in [1.807, 2.05) is 0 Å². The number of carboxylic acid groups (broad SMARTS) is 1.